The first-order valence-corrected chi connectivity index (χ1v) is 8.52. The lowest BCUT2D eigenvalue weighted by Crippen LogP contribution is -2.43. The molecule has 26 heavy (non-hydrogen) atoms. The first kappa shape index (κ1) is 18.1. The predicted molar refractivity (Wildman–Crippen MR) is 96.1 cm³/mol. The van der Waals surface area contributed by atoms with E-state index < -0.39 is 0 Å². The van der Waals surface area contributed by atoms with Crippen molar-refractivity contribution in [3.05, 3.63) is 65.5 Å². The minimum Gasteiger partial charge on any atom is -0.370 e. The van der Waals surface area contributed by atoms with E-state index in [1.165, 1.54) is 19.1 Å². The Morgan fingerprint density at radius 3 is 2.50 bits per heavy atom. The zero-order valence-corrected chi connectivity index (χ0v) is 14.6. The fraction of sp³-hybridized carbons (Fsp3) is 0.300. The summed E-state index contributed by atoms with van der Waals surface area (Å²) in [5, 5.41) is 2.70. The number of benzene rings is 2. The van der Waals surface area contributed by atoms with Crippen molar-refractivity contribution >= 4 is 17.5 Å². The average Bonchev–Trinajstić information content (AvgIpc) is 2.63. The summed E-state index contributed by atoms with van der Waals surface area (Å²) in [6.07, 6.45) is 0.0479. The number of nitrogens with zero attached hydrogens (tertiary/aromatic N) is 1. The van der Waals surface area contributed by atoms with Crippen molar-refractivity contribution in [2.45, 2.75) is 19.4 Å². The second-order valence-corrected chi connectivity index (χ2v) is 6.31. The molecule has 1 atom stereocenters. The van der Waals surface area contributed by atoms with Crippen LogP contribution in [0.1, 0.15) is 24.2 Å². The average molecular weight is 356 g/mol. The van der Waals surface area contributed by atoms with Crippen molar-refractivity contribution < 1.29 is 18.7 Å². The third-order valence-corrected chi connectivity index (χ3v) is 4.29. The smallest absolute Gasteiger partial charge is 0.227 e. The standard InChI is InChI=1S/C20H21FN2O3/c1-14(24)22-18-8-2-15(3-9-18)12-20(25)23-10-11-26-19(13-23)16-4-6-17(21)7-5-16/h2-9,19H,10-13H2,1H3,(H,22,24)/t19-/m1/s1. The van der Waals surface area contributed by atoms with Gasteiger partial charge in [-0.2, -0.15) is 0 Å². The van der Waals surface area contributed by atoms with Crippen LogP contribution in [-0.4, -0.2) is 36.4 Å². The van der Waals surface area contributed by atoms with Gasteiger partial charge in [0.25, 0.3) is 0 Å². The molecule has 136 valence electrons. The Balaban J connectivity index is 1.60. The van der Waals surface area contributed by atoms with Gasteiger partial charge in [0.15, 0.2) is 0 Å². The van der Waals surface area contributed by atoms with Crippen molar-refractivity contribution in [1.29, 1.82) is 0 Å². The van der Waals surface area contributed by atoms with Gasteiger partial charge in [-0.3, -0.25) is 9.59 Å². The zero-order valence-electron chi connectivity index (χ0n) is 14.6. The molecule has 0 saturated carbocycles. The van der Waals surface area contributed by atoms with E-state index in [2.05, 4.69) is 5.32 Å². The zero-order chi connectivity index (χ0) is 18.5. The molecule has 1 aliphatic rings. The van der Waals surface area contributed by atoms with E-state index in [-0.39, 0.29) is 30.2 Å². The highest BCUT2D eigenvalue weighted by Crippen LogP contribution is 2.23. The lowest BCUT2D eigenvalue weighted by atomic mass is 10.1. The second kappa shape index (κ2) is 8.10. The predicted octanol–water partition coefficient (Wildman–Crippen LogP) is 2.93. The van der Waals surface area contributed by atoms with Gasteiger partial charge in [-0.1, -0.05) is 24.3 Å². The van der Waals surface area contributed by atoms with Gasteiger partial charge in [-0.15, -0.1) is 0 Å². The van der Waals surface area contributed by atoms with E-state index in [9.17, 15) is 14.0 Å². The van der Waals surface area contributed by atoms with Crippen molar-refractivity contribution in [2.24, 2.45) is 0 Å². The first-order chi connectivity index (χ1) is 12.5. The van der Waals surface area contributed by atoms with Crippen LogP contribution in [0.5, 0.6) is 0 Å². The van der Waals surface area contributed by atoms with Gasteiger partial charge in [0.05, 0.1) is 19.6 Å². The van der Waals surface area contributed by atoms with E-state index >= 15 is 0 Å². The van der Waals surface area contributed by atoms with Crippen molar-refractivity contribution in [2.75, 3.05) is 25.0 Å². The minimum atomic E-state index is -0.291. The number of halogens is 1. The lowest BCUT2D eigenvalue weighted by Gasteiger charge is -2.33. The van der Waals surface area contributed by atoms with Gasteiger partial charge >= 0.3 is 0 Å². The number of nitrogens with one attached hydrogen (secondary N) is 1. The van der Waals surface area contributed by atoms with Crippen LogP contribution in [0.3, 0.4) is 0 Å². The molecule has 1 saturated heterocycles. The fourth-order valence-corrected chi connectivity index (χ4v) is 2.95. The largest absolute Gasteiger partial charge is 0.370 e. The summed E-state index contributed by atoms with van der Waals surface area (Å²) >= 11 is 0. The Morgan fingerprint density at radius 2 is 1.85 bits per heavy atom. The summed E-state index contributed by atoms with van der Waals surface area (Å²) < 4.78 is 18.8. The molecular formula is C20H21FN2O3. The molecule has 0 aromatic heterocycles. The topological polar surface area (TPSA) is 58.6 Å². The highest BCUT2D eigenvalue weighted by Gasteiger charge is 2.25. The quantitative estimate of drug-likeness (QED) is 0.916. The van der Waals surface area contributed by atoms with Crippen LogP contribution >= 0.6 is 0 Å². The van der Waals surface area contributed by atoms with E-state index in [1.807, 2.05) is 12.1 Å². The minimum absolute atomic E-state index is 0.0210. The molecule has 5 nitrogen and oxygen atoms in total. The molecule has 0 aliphatic carbocycles. The second-order valence-electron chi connectivity index (χ2n) is 6.31. The van der Waals surface area contributed by atoms with E-state index in [1.54, 1.807) is 29.2 Å². The van der Waals surface area contributed by atoms with Crippen LogP contribution in [0, 0.1) is 5.82 Å². The number of carbonyl (C=O) groups excluding carboxylic acids is 2. The molecule has 1 aliphatic heterocycles. The number of anilines is 1. The summed E-state index contributed by atoms with van der Waals surface area (Å²) in [4.78, 5) is 25.4. The van der Waals surface area contributed by atoms with Crippen molar-refractivity contribution in [1.82, 2.24) is 4.90 Å². The van der Waals surface area contributed by atoms with Gasteiger partial charge in [-0.05, 0) is 35.4 Å². The molecule has 6 heteroatoms. The van der Waals surface area contributed by atoms with Crippen molar-refractivity contribution in [3.8, 4) is 0 Å². The number of hydrogen-bond acceptors (Lipinski definition) is 3. The van der Waals surface area contributed by atoms with Crippen LogP contribution in [0.25, 0.3) is 0 Å². The van der Waals surface area contributed by atoms with Gasteiger partial charge in [-0.25, -0.2) is 4.39 Å². The van der Waals surface area contributed by atoms with Crippen molar-refractivity contribution in [3.63, 3.8) is 0 Å². The molecule has 0 radical (unpaired) electrons. The Bertz CT molecular complexity index is 775. The summed E-state index contributed by atoms with van der Waals surface area (Å²) in [6.45, 7) is 2.90. The van der Waals surface area contributed by atoms with Crippen LogP contribution in [0.15, 0.2) is 48.5 Å². The molecule has 2 aromatic carbocycles. The van der Waals surface area contributed by atoms with Gasteiger partial charge < -0.3 is 15.0 Å². The first-order valence-electron chi connectivity index (χ1n) is 8.52. The lowest BCUT2D eigenvalue weighted by molar-refractivity contribution is -0.138. The molecule has 1 N–H and O–H groups in total. The monoisotopic (exact) mass is 356 g/mol. The van der Waals surface area contributed by atoms with Gasteiger partial charge in [0, 0.05) is 19.2 Å². The Kier molecular flexibility index (Phi) is 5.63. The molecule has 0 bridgehead atoms. The number of hydrogen-bond donors (Lipinski definition) is 1. The SMILES string of the molecule is CC(=O)Nc1ccc(CC(=O)N2CCO[C@@H](c3ccc(F)cc3)C2)cc1. The molecular weight excluding hydrogens is 335 g/mol. The molecule has 3 rings (SSSR count). The Hall–Kier alpha value is -2.73. The normalized spacial score (nSPS) is 17.0. The van der Waals surface area contributed by atoms with Crippen LogP contribution in [-0.2, 0) is 20.7 Å². The Morgan fingerprint density at radius 1 is 1.15 bits per heavy atom. The molecule has 2 amide bonds. The van der Waals surface area contributed by atoms with E-state index in [0.29, 0.717) is 25.4 Å². The summed E-state index contributed by atoms with van der Waals surface area (Å²) in [5.74, 6) is -0.401. The number of ether oxygens (including phenoxy) is 1. The highest BCUT2D eigenvalue weighted by molar-refractivity contribution is 5.88. The van der Waals surface area contributed by atoms with Crippen LogP contribution < -0.4 is 5.32 Å². The third-order valence-electron chi connectivity index (χ3n) is 4.29. The third kappa shape index (κ3) is 4.67. The van der Waals surface area contributed by atoms with Gasteiger partial charge in [0.1, 0.15) is 11.9 Å². The maximum absolute atomic E-state index is 13.1. The highest BCUT2D eigenvalue weighted by atomic mass is 19.1. The number of morpholine rings is 1. The molecule has 1 heterocycles. The maximum Gasteiger partial charge on any atom is 0.227 e. The van der Waals surface area contributed by atoms with Crippen LogP contribution in [0.4, 0.5) is 10.1 Å². The van der Waals surface area contributed by atoms with Crippen LogP contribution in [0.2, 0.25) is 0 Å². The fourth-order valence-electron chi connectivity index (χ4n) is 2.95. The summed E-state index contributed by atoms with van der Waals surface area (Å²) in [7, 11) is 0. The van der Waals surface area contributed by atoms with E-state index in [4.69, 9.17) is 4.74 Å². The summed E-state index contributed by atoms with van der Waals surface area (Å²) in [6, 6.07) is 13.4. The van der Waals surface area contributed by atoms with Gasteiger partial charge in [0.2, 0.25) is 11.8 Å². The summed E-state index contributed by atoms with van der Waals surface area (Å²) in [5.41, 5.74) is 2.45. The number of amides is 2. The Labute approximate surface area is 151 Å². The molecule has 0 spiro atoms. The van der Waals surface area contributed by atoms with E-state index in [0.717, 1.165) is 11.1 Å². The molecule has 1 fully saturated rings. The number of rotatable bonds is 4. The molecule has 2 aromatic rings. The molecule has 0 unspecified atom stereocenters. The maximum atomic E-state index is 13.1. The number of carbonyl (C=O) groups is 2.